The van der Waals surface area contributed by atoms with E-state index in [9.17, 15) is 0 Å². The minimum atomic E-state index is 0.262. The van der Waals surface area contributed by atoms with Gasteiger partial charge in [-0.15, -0.1) is 69.4 Å². The van der Waals surface area contributed by atoms with Crippen LogP contribution in [0.1, 0.15) is 110 Å². The van der Waals surface area contributed by atoms with Crippen molar-refractivity contribution in [1.29, 1.82) is 0 Å². The molecule has 0 radical (unpaired) electrons. The summed E-state index contributed by atoms with van der Waals surface area (Å²) in [4.78, 5) is 0. The van der Waals surface area contributed by atoms with Crippen molar-refractivity contribution in [3.63, 3.8) is 0 Å². The van der Waals surface area contributed by atoms with E-state index in [1.165, 1.54) is 71.5 Å². The Morgan fingerprint density at radius 1 is 0.580 bits per heavy atom. The number of benzene rings is 4. The molecular formula is C47H52Cl2Zr-4. The van der Waals surface area contributed by atoms with Crippen LogP contribution in [0.15, 0.2) is 97.1 Å². The average Bonchev–Trinajstić information content (AvgIpc) is 3.79. The fraction of sp³-hybridized carbons (Fsp3) is 0.362. The molecule has 3 aliphatic rings. The number of halogens is 2. The van der Waals surface area contributed by atoms with E-state index in [0.717, 1.165) is 16.5 Å². The summed E-state index contributed by atoms with van der Waals surface area (Å²) in [5.41, 5.74) is 7.36. The van der Waals surface area contributed by atoms with Gasteiger partial charge in [0.25, 0.3) is 0 Å². The Morgan fingerprint density at radius 3 is 1.16 bits per heavy atom. The zero-order chi connectivity index (χ0) is 36.7. The molecule has 0 amide bonds. The Morgan fingerprint density at radius 2 is 0.920 bits per heavy atom. The third-order valence-electron chi connectivity index (χ3n) is 10.6. The van der Waals surface area contributed by atoms with Gasteiger partial charge in [-0.1, -0.05) is 99.8 Å². The van der Waals surface area contributed by atoms with Crippen LogP contribution < -0.4 is 0 Å². The molecule has 0 N–H and O–H groups in total. The van der Waals surface area contributed by atoms with Crippen molar-refractivity contribution in [2.45, 2.75) is 109 Å². The first-order valence-corrected chi connectivity index (χ1v) is 20.1. The molecule has 3 heteroatoms. The molecule has 0 fully saturated rings. The van der Waals surface area contributed by atoms with E-state index < -0.39 is 0 Å². The quantitative estimate of drug-likeness (QED) is 0.137. The summed E-state index contributed by atoms with van der Waals surface area (Å²) in [7, 11) is 0. The summed E-state index contributed by atoms with van der Waals surface area (Å²) < 4.78 is 3.34. The van der Waals surface area contributed by atoms with Crippen molar-refractivity contribution in [2.24, 2.45) is 0 Å². The summed E-state index contributed by atoms with van der Waals surface area (Å²) in [6, 6.07) is 32.6. The minimum absolute atomic E-state index is 0.262. The van der Waals surface area contributed by atoms with Crippen molar-refractivity contribution in [1.82, 2.24) is 0 Å². The molecule has 0 spiro atoms. The van der Waals surface area contributed by atoms with E-state index in [0.29, 0.717) is 0 Å². The number of hydrogen-bond donors (Lipinski definition) is 0. The van der Waals surface area contributed by atoms with Crippen LogP contribution in [0.5, 0.6) is 0 Å². The molecular weight excluding hydrogens is 727 g/mol. The van der Waals surface area contributed by atoms with Gasteiger partial charge in [0.15, 0.2) is 0 Å². The van der Waals surface area contributed by atoms with E-state index in [-0.39, 0.29) is 21.7 Å². The van der Waals surface area contributed by atoms with E-state index in [2.05, 4.69) is 114 Å². The SMILES string of the molecule is CC1(C)CCC(C)(C)c2cc3c(cc21)[cH-]c1cc2c(cc13)C(C)(C)CCC2(C)C.Clc1cc[c-]cc1.Clc1cc[c-]cc1.[C-]1=CC=CC1.[CH2]=[Zr]. The molecule has 5 aromatic carbocycles. The van der Waals surface area contributed by atoms with Crippen LogP contribution in [-0.2, 0) is 45.9 Å². The van der Waals surface area contributed by atoms with Gasteiger partial charge < -0.3 is 0 Å². The van der Waals surface area contributed by atoms with Crippen LogP contribution in [0.2, 0.25) is 10.0 Å². The molecule has 0 saturated carbocycles. The van der Waals surface area contributed by atoms with Crippen LogP contribution in [-0.4, -0.2) is 4.21 Å². The van der Waals surface area contributed by atoms with E-state index in [1.54, 1.807) is 70.8 Å². The second kappa shape index (κ2) is 16.9. The normalized spacial score (nSPS) is 18.0. The van der Waals surface area contributed by atoms with E-state index in [1.807, 2.05) is 12.2 Å². The molecule has 0 nitrogen and oxygen atoms in total. The molecule has 8 rings (SSSR count). The zero-order valence-electron chi connectivity index (χ0n) is 31.2. The van der Waals surface area contributed by atoms with Gasteiger partial charge in [-0.05, 0) is 47.3 Å². The molecule has 0 unspecified atom stereocenters. The van der Waals surface area contributed by atoms with Crippen molar-refractivity contribution in [3.8, 4) is 0 Å². The van der Waals surface area contributed by atoms with Crippen molar-refractivity contribution in [3.05, 3.63) is 148 Å². The van der Waals surface area contributed by atoms with Crippen LogP contribution >= 0.6 is 23.2 Å². The number of allylic oxidation sites excluding steroid dienone is 4. The standard InChI is InChI=1S/C29H37.2C6H4Cl.C5H5.CH2.Zr/c1-26(2)9-11-28(5,6)24-16-20-18(14-22(24)26)13-19-15-23-25(17-21(19)20)29(7,8)12-10-27(23,3)4;2*7-6-4-2-1-3-5-6;1-2-4-5-3-1;;/h13-17H,9-12H2,1-8H3;2*2-5H;1-3H,4H2;1H2;/q4*-1;;. The second-order valence-electron chi connectivity index (χ2n) is 16.1. The molecule has 0 saturated heterocycles. The first kappa shape index (κ1) is 40.3. The van der Waals surface area contributed by atoms with Crippen molar-refractivity contribution < 1.29 is 24.2 Å². The van der Waals surface area contributed by atoms with Crippen LogP contribution in [0, 0.1) is 18.2 Å². The first-order valence-electron chi connectivity index (χ1n) is 17.6. The molecule has 0 aromatic heterocycles. The van der Waals surface area contributed by atoms with Crippen LogP contribution in [0.4, 0.5) is 0 Å². The maximum absolute atomic E-state index is 5.52. The van der Waals surface area contributed by atoms with Crippen LogP contribution in [0.25, 0.3) is 21.5 Å². The molecule has 5 aromatic rings. The monoisotopic (exact) mass is 776 g/mol. The second-order valence-corrected chi connectivity index (χ2v) is 17.0. The Hall–Kier alpha value is -2.44. The van der Waals surface area contributed by atoms with E-state index in [4.69, 9.17) is 23.2 Å². The zero-order valence-corrected chi connectivity index (χ0v) is 35.2. The fourth-order valence-corrected chi connectivity index (χ4v) is 7.46. The number of hydrogen-bond acceptors (Lipinski definition) is 0. The molecule has 3 aliphatic carbocycles. The molecule has 262 valence electrons. The molecule has 50 heavy (non-hydrogen) atoms. The Bertz CT molecular complexity index is 1780. The summed E-state index contributed by atoms with van der Waals surface area (Å²) in [6.07, 6.45) is 15.1. The predicted molar refractivity (Wildman–Crippen MR) is 217 cm³/mol. The van der Waals surface area contributed by atoms with Gasteiger partial charge in [-0.2, -0.15) is 66.7 Å². The van der Waals surface area contributed by atoms with E-state index >= 15 is 0 Å². The van der Waals surface area contributed by atoms with Gasteiger partial charge >= 0.3 is 28.4 Å². The summed E-state index contributed by atoms with van der Waals surface area (Å²) >= 11 is 12.3. The van der Waals surface area contributed by atoms with Gasteiger partial charge in [0.05, 0.1) is 0 Å². The Kier molecular flexibility index (Phi) is 13.7. The molecule has 0 heterocycles. The van der Waals surface area contributed by atoms with Gasteiger partial charge in [-0.25, -0.2) is 12.2 Å². The van der Waals surface area contributed by atoms with Gasteiger partial charge in [-0.3, -0.25) is 6.08 Å². The molecule has 0 bridgehead atoms. The Balaban J connectivity index is 0.000000215. The third kappa shape index (κ3) is 9.70. The Labute approximate surface area is 327 Å². The predicted octanol–water partition coefficient (Wildman–Crippen LogP) is 14.0. The maximum atomic E-state index is 5.52. The van der Waals surface area contributed by atoms with Crippen molar-refractivity contribution >= 4 is 49.0 Å². The molecule has 0 aliphatic heterocycles. The first-order chi connectivity index (χ1) is 23.6. The number of rotatable bonds is 0. The summed E-state index contributed by atoms with van der Waals surface area (Å²) in [5, 5.41) is 7.32. The van der Waals surface area contributed by atoms with Gasteiger partial charge in [0.2, 0.25) is 0 Å². The van der Waals surface area contributed by atoms with Crippen LogP contribution in [0.3, 0.4) is 0 Å². The fourth-order valence-electron chi connectivity index (χ4n) is 7.21. The summed E-state index contributed by atoms with van der Waals surface area (Å²) in [5.74, 6) is 0. The third-order valence-corrected chi connectivity index (χ3v) is 11.1. The number of fused-ring (bicyclic) bond motifs is 5. The summed E-state index contributed by atoms with van der Waals surface area (Å²) in [6.45, 7) is 19.5. The topological polar surface area (TPSA) is 0 Å². The van der Waals surface area contributed by atoms with Crippen molar-refractivity contribution in [2.75, 3.05) is 0 Å². The van der Waals surface area contributed by atoms with Gasteiger partial charge in [0, 0.05) is 0 Å². The molecule has 0 atom stereocenters. The van der Waals surface area contributed by atoms with Gasteiger partial charge in [0.1, 0.15) is 0 Å². The average molecular weight is 779 g/mol.